The Morgan fingerprint density at radius 1 is 1.03 bits per heavy atom. The van der Waals surface area contributed by atoms with Gasteiger partial charge in [-0.2, -0.15) is 4.98 Å². The van der Waals surface area contributed by atoms with Gasteiger partial charge in [-0.1, -0.05) is 12.1 Å². The molecule has 1 aliphatic carbocycles. The smallest absolute Gasteiger partial charge is 0.226 e. The highest BCUT2D eigenvalue weighted by molar-refractivity contribution is 5.99. The minimum absolute atomic E-state index is 0.0635. The monoisotopic (exact) mass is 450 g/mol. The zero-order valence-corrected chi connectivity index (χ0v) is 18.5. The Morgan fingerprint density at radius 3 is 2.36 bits per heavy atom. The molecule has 0 saturated heterocycles. The summed E-state index contributed by atoms with van der Waals surface area (Å²) >= 11 is 0. The van der Waals surface area contributed by atoms with E-state index in [1.165, 1.54) is 19.2 Å². The van der Waals surface area contributed by atoms with Gasteiger partial charge in [-0.3, -0.25) is 4.79 Å². The van der Waals surface area contributed by atoms with Crippen molar-refractivity contribution in [2.45, 2.75) is 25.3 Å². The zero-order valence-electron chi connectivity index (χ0n) is 18.5. The van der Waals surface area contributed by atoms with Crippen LogP contribution in [0.1, 0.15) is 30.9 Å². The number of carbonyl (C=O) groups is 1. The molecule has 0 unspecified atom stereocenters. The van der Waals surface area contributed by atoms with E-state index < -0.39 is 6.04 Å². The number of anilines is 1. The van der Waals surface area contributed by atoms with Crippen LogP contribution in [0.5, 0.6) is 17.2 Å². The average Bonchev–Trinajstić information content (AvgIpc) is 3.26. The van der Waals surface area contributed by atoms with Crippen LogP contribution >= 0.6 is 0 Å². The van der Waals surface area contributed by atoms with Crippen LogP contribution < -0.4 is 19.5 Å². The minimum atomic E-state index is -0.493. The number of allylic oxidation sites excluding steroid dienone is 2. The van der Waals surface area contributed by atoms with Gasteiger partial charge in [0.25, 0.3) is 0 Å². The maximum atomic E-state index is 13.6. The van der Waals surface area contributed by atoms with Gasteiger partial charge in [0.05, 0.1) is 21.3 Å². The van der Waals surface area contributed by atoms with E-state index in [1.807, 2.05) is 0 Å². The molecule has 170 valence electrons. The van der Waals surface area contributed by atoms with E-state index in [2.05, 4.69) is 5.32 Å². The molecular weight excluding hydrogens is 427 g/mol. The number of benzene rings is 2. The molecule has 2 heterocycles. The van der Waals surface area contributed by atoms with E-state index in [4.69, 9.17) is 24.3 Å². The van der Waals surface area contributed by atoms with Gasteiger partial charge < -0.3 is 19.5 Å². The second-order valence-corrected chi connectivity index (χ2v) is 7.87. The van der Waals surface area contributed by atoms with Crippen molar-refractivity contribution in [1.82, 2.24) is 14.8 Å². The standard InChI is InChI=1S/C24H23FN4O4/c1-31-18-11-14(12-19(32-2)22(18)33-3)23-27-24-26-16-5-4-6-17(30)20(16)21(29(24)28-23)13-7-9-15(25)10-8-13/h7-12,21H,4-6H2,1-3H3,(H,26,27,28)/t21-/m1/s1. The Kier molecular flexibility index (Phi) is 5.24. The topological polar surface area (TPSA) is 87.5 Å². The average molecular weight is 450 g/mol. The highest BCUT2D eigenvalue weighted by atomic mass is 19.1. The van der Waals surface area contributed by atoms with Crippen LogP contribution in [0, 0.1) is 5.82 Å². The van der Waals surface area contributed by atoms with Crippen LogP contribution in [0.3, 0.4) is 0 Å². The number of ether oxygens (including phenoxy) is 3. The molecule has 0 spiro atoms. The van der Waals surface area contributed by atoms with Crippen LogP contribution in [0.25, 0.3) is 11.4 Å². The fraction of sp³-hybridized carbons (Fsp3) is 0.292. The lowest BCUT2D eigenvalue weighted by molar-refractivity contribution is -0.116. The first kappa shape index (κ1) is 21.0. The molecule has 2 aromatic carbocycles. The first-order chi connectivity index (χ1) is 16.0. The van der Waals surface area contributed by atoms with E-state index in [-0.39, 0.29) is 11.6 Å². The van der Waals surface area contributed by atoms with Crippen molar-refractivity contribution in [2.24, 2.45) is 0 Å². The van der Waals surface area contributed by atoms with E-state index in [0.717, 1.165) is 24.1 Å². The number of hydrogen-bond donors (Lipinski definition) is 1. The van der Waals surface area contributed by atoms with Gasteiger partial charge in [0.15, 0.2) is 23.1 Å². The van der Waals surface area contributed by atoms with Crippen molar-refractivity contribution in [2.75, 3.05) is 26.6 Å². The number of Topliss-reactive ketones (excluding diaryl/α,β-unsaturated/α-hetero) is 1. The summed E-state index contributed by atoms with van der Waals surface area (Å²) in [7, 11) is 4.63. The third-order valence-corrected chi connectivity index (χ3v) is 5.98. The summed E-state index contributed by atoms with van der Waals surface area (Å²) in [6.07, 6.45) is 1.99. The molecule has 0 fully saturated rings. The highest BCUT2D eigenvalue weighted by Gasteiger charge is 2.37. The lowest BCUT2D eigenvalue weighted by Gasteiger charge is -2.32. The normalized spacial score (nSPS) is 17.2. The molecule has 5 rings (SSSR count). The van der Waals surface area contributed by atoms with Gasteiger partial charge in [0.2, 0.25) is 11.7 Å². The van der Waals surface area contributed by atoms with Crippen molar-refractivity contribution in [1.29, 1.82) is 0 Å². The molecule has 1 N–H and O–H groups in total. The fourth-order valence-corrected chi connectivity index (χ4v) is 4.44. The molecular formula is C24H23FN4O4. The first-order valence-electron chi connectivity index (χ1n) is 10.6. The number of ketones is 1. The van der Waals surface area contributed by atoms with Gasteiger partial charge >= 0.3 is 0 Å². The van der Waals surface area contributed by atoms with E-state index in [9.17, 15) is 9.18 Å². The number of hydrogen-bond acceptors (Lipinski definition) is 7. The van der Waals surface area contributed by atoms with Gasteiger partial charge in [-0.25, -0.2) is 9.07 Å². The maximum absolute atomic E-state index is 13.6. The highest BCUT2D eigenvalue weighted by Crippen LogP contribution is 2.43. The van der Waals surface area contributed by atoms with Crippen LogP contribution in [-0.2, 0) is 4.79 Å². The molecule has 9 heteroatoms. The van der Waals surface area contributed by atoms with Crippen molar-refractivity contribution in [3.05, 3.63) is 59.0 Å². The van der Waals surface area contributed by atoms with Crippen molar-refractivity contribution in [3.8, 4) is 28.6 Å². The van der Waals surface area contributed by atoms with E-state index in [0.29, 0.717) is 46.6 Å². The number of rotatable bonds is 5. The molecule has 1 atom stereocenters. The summed E-state index contributed by atoms with van der Waals surface area (Å²) in [6.45, 7) is 0. The molecule has 0 bridgehead atoms. The Labute approximate surface area is 190 Å². The van der Waals surface area contributed by atoms with Gasteiger partial charge in [0.1, 0.15) is 11.9 Å². The second kappa shape index (κ2) is 8.23. The van der Waals surface area contributed by atoms with E-state index in [1.54, 1.807) is 43.2 Å². The molecule has 0 saturated carbocycles. The third-order valence-electron chi connectivity index (χ3n) is 5.98. The molecule has 0 amide bonds. The summed E-state index contributed by atoms with van der Waals surface area (Å²) in [5.74, 6) is 2.10. The minimum Gasteiger partial charge on any atom is -0.493 e. The van der Waals surface area contributed by atoms with Crippen molar-refractivity contribution >= 4 is 11.7 Å². The van der Waals surface area contributed by atoms with Gasteiger partial charge in [-0.05, 0) is 42.7 Å². The summed E-state index contributed by atoms with van der Waals surface area (Å²) in [5, 5.41) is 8.04. The Balaban J connectivity index is 1.66. The molecule has 1 aliphatic heterocycles. The Morgan fingerprint density at radius 2 is 1.73 bits per heavy atom. The summed E-state index contributed by atoms with van der Waals surface area (Å²) in [5.41, 5.74) is 2.93. The number of halogens is 1. The quantitative estimate of drug-likeness (QED) is 0.625. The SMILES string of the molecule is COc1cc(-c2nc3n(n2)[C@H](c2ccc(F)cc2)C2=C(CCCC2=O)N3)cc(OC)c1OC. The zero-order chi connectivity index (χ0) is 23.1. The lowest BCUT2D eigenvalue weighted by atomic mass is 9.85. The van der Waals surface area contributed by atoms with Crippen molar-refractivity contribution in [3.63, 3.8) is 0 Å². The van der Waals surface area contributed by atoms with Crippen LogP contribution in [0.2, 0.25) is 0 Å². The Bertz CT molecular complexity index is 1240. The molecule has 2 aliphatic rings. The number of aromatic nitrogens is 3. The molecule has 8 nitrogen and oxygen atoms in total. The van der Waals surface area contributed by atoms with E-state index >= 15 is 0 Å². The number of nitrogens with zero attached hydrogens (tertiary/aromatic N) is 3. The number of fused-ring (bicyclic) bond motifs is 1. The number of methoxy groups -OCH3 is 3. The second-order valence-electron chi connectivity index (χ2n) is 7.87. The molecule has 3 aromatic rings. The van der Waals surface area contributed by atoms with Crippen LogP contribution in [0.4, 0.5) is 10.3 Å². The molecule has 33 heavy (non-hydrogen) atoms. The maximum Gasteiger partial charge on any atom is 0.226 e. The van der Waals surface area contributed by atoms with Crippen molar-refractivity contribution < 1.29 is 23.4 Å². The predicted octanol–water partition coefficient (Wildman–Crippen LogP) is 4.13. The summed E-state index contributed by atoms with van der Waals surface area (Å²) in [4.78, 5) is 17.6. The fourth-order valence-electron chi connectivity index (χ4n) is 4.44. The van der Waals surface area contributed by atoms with Crippen LogP contribution in [0.15, 0.2) is 47.7 Å². The predicted molar refractivity (Wildman–Crippen MR) is 119 cm³/mol. The largest absolute Gasteiger partial charge is 0.493 e. The summed E-state index contributed by atoms with van der Waals surface area (Å²) in [6, 6.07) is 9.20. The molecule has 0 radical (unpaired) electrons. The van der Waals surface area contributed by atoms with Gasteiger partial charge in [0, 0.05) is 23.3 Å². The number of carbonyl (C=O) groups excluding carboxylic acids is 1. The first-order valence-corrected chi connectivity index (χ1v) is 10.6. The van der Waals surface area contributed by atoms with Crippen LogP contribution in [-0.4, -0.2) is 41.9 Å². The lowest BCUT2D eigenvalue weighted by Crippen LogP contribution is -2.31. The summed E-state index contributed by atoms with van der Waals surface area (Å²) < 4.78 is 31.7. The number of nitrogens with one attached hydrogen (secondary N) is 1. The Hall–Kier alpha value is -3.88. The van der Waals surface area contributed by atoms with Gasteiger partial charge in [-0.15, -0.1) is 5.10 Å². The third kappa shape index (κ3) is 3.49. The molecule has 1 aromatic heterocycles.